The third-order valence-corrected chi connectivity index (χ3v) is 4.12. The molecule has 0 radical (unpaired) electrons. The molecule has 2 rings (SSSR count). The van der Waals surface area contributed by atoms with Crippen LogP contribution in [0.2, 0.25) is 0 Å². The van der Waals surface area contributed by atoms with Crippen molar-refractivity contribution in [3.8, 4) is 11.9 Å². The number of azo groups is 1. The quantitative estimate of drug-likeness (QED) is 0.674. The molecule has 0 aliphatic heterocycles. The molecule has 10 heteroatoms. The lowest BCUT2D eigenvalue weighted by molar-refractivity contribution is 0.402. The third kappa shape index (κ3) is 2.74. The van der Waals surface area contributed by atoms with Gasteiger partial charge in [-0.1, -0.05) is 0 Å². The zero-order chi connectivity index (χ0) is 18.0. The van der Waals surface area contributed by atoms with Crippen LogP contribution in [0.1, 0.15) is 25.1 Å². The van der Waals surface area contributed by atoms with E-state index in [1.165, 1.54) is 13.8 Å². The van der Waals surface area contributed by atoms with Crippen LogP contribution in [0.5, 0.6) is 5.88 Å². The molecular formula is C14H17N7O2S. The lowest BCUT2D eigenvalue weighted by atomic mass is 10.3. The Morgan fingerprint density at radius 2 is 1.92 bits per heavy atom. The number of aromatic hydroxyl groups is 1. The van der Waals surface area contributed by atoms with Crippen molar-refractivity contribution in [2.75, 3.05) is 0 Å². The van der Waals surface area contributed by atoms with Crippen LogP contribution in [-0.2, 0) is 20.1 Å². The summed E-state index contributed by atoms with van der Waals surface area (Å²) in [4.78, 5) is 12.4. The van der Waals surface area contributed by atoms with Crippen molar-refractivity contribution in [2.24, 2.45) is 17.3 Å². The van der Waals surface area contributed by atoms with Gasteiger partial charge in [-0.25, -0.2) is 0 Å². The largest absolute Gasteiger partial charge is 0.493 e. The highest BCUT2D eigenvalue weighted by Gasteiger charge is 2.17. The molecule has 0 aliphatic rings. The SMILES string of the molecule is CCn1c(O)c(N=Nc2nn(C)c(C)c2C#N)c(=O)n(CC)c1=S. The number of aromatic nitrogens is 4. The maximum atomic E-state index is 12.4. The molecule has 9 nitrogen and oxygen atoms in total. The van der Waals surface area contributed by atoms with E-state index >= 15 is 0 Å². The number of aryl methyl sites for hydroxylation is 1. The topological polar surface area (TPSA) is 113 Å². The fraction of sp³-hybridized carbons (Fsp3) is 0.429. The highest BCUT2D eigenvalue weighted by molar-refractivity contribution is 7.71. The van der Waals surface area contributed by atoms with Crippen molar-refractivity contribution in [3.05, 3.63) is 26.4 Å². The minimum Gasteiger partial charge on any atom is -0.493 e. The smallest absolute Gasteiger partial charge is 0.286 e. The van der Waals surface area contributed by atoms with Gasteiger partial charge in [-0.3, -0.25) is 18.6 Å². The highest BCUT2D eigenvalue weighted by atomic mass is 32.1. The summed E-state index contributed by atoms with van der Waals surface area (Å²) in [6.45, 7) is 6.00. The van der Waals surface area contributed by atoms with Crippen molar-refractivity contribution in [2.45, 2.75) is 33.9 Å². The van der Waals surface area contributed by atoms with Gasteiger partial charge in [-0.05, 0) is 33.0 Å². The summed E-state index contributed by atoms with van der Waals surface area (Å²) < 4.78 is 4.42. The number of nitriles is 1. The van der Waals surface area contributed by atoms with Crippen LogP contribution in [0, 0.1) is 23.0 Å². The average molecular weight is 347 g/mol. The average Bonchev–Trinajstić information content (AvgIpc) is 2.82. The van der Waals surface area contributed by atoms with E-state index in [9.17, 15) is 15.2 Å². The van der Waals surface area contributed by atoms with E-state index in [1.54, 1.807) is 27.8 Å². The van der Waals surface area contributed by atoms with Crippen LogP contribution < -0.4 is 5.56 Å². The van der Waals surface area contributed by atoms with Crippen LogP contribution in [-0.4, -0.2) is 24.0 Å². The van der Waals surface area contributed by atoms with Gasteiger partial charge in [0.1, 0.15) is 11.6 Å². The Hall–Kier alpha value is -2.80. The minimum absolute atomic E-state index is 0.0878. The van der Waals surface area contributed by atoms with Crippen LogP contribution in [0.15, 0.2) is 15.0 Å². The lowest BCUT2D eigenvalue weighted by Crippen LogP contribution is -2.24. The molecule has 0 aliphatic carbocycles. The van der Waals surface area contributed by atoms with Crippen LogP contribution in [0.25, 0.3) is 0 Å². The predicted molar refractivity (Wildman–Crippen MR) is 89.4 cm³/mol. The summed E-state index contributed by atoms with van der Waals surface area (Å²) in [6.07, 6.45) is 0. The van der Waals surface area contributed by atoms with Gasteiger partial charge in [-0.15, -0.1) is 15.3 Å². The first-order valence-corrected chi connectivity index (χ1v) is 7.70. The van der Waals surface area contributed by atoms with Crippen LogP contribution in [0.4, 0.5) is 11.5 Å². The summed E-state index contributed by atoms with van der Waals surface area (Å²) in [5, 5.41) is 31.3. The van der Waals surface area contributed by atoms with Crippen LogP contribution in [0.3, 0.4) is 0 Å². The lowest BCUT2D eigenvalue weighted by Gasteiger charge is -2.12. The standard InChI is InChI=1S/C14H17N7O2S/c1-5-20-12(22)10(13(23)21(6-2)14(20)24)16-17-11-9(7-15)8(3)19(4)18-11/h22H,5-6H2,1-4H3. The maximum absolute atomic E-state index is 12.4. The second-order valence-electron chi connectivity index (χ2n) is 4.97. The van der Waals surface area contributed by atoms with E-state index < -0.39 is 5.56 Å². The summed E-state index contributed by atoms with van der Waals surface area (Å²) in [5.41, 5.74) is 0.116. The molecular weight excluding hydrogens is 330 g/mol. The molecule has 0 saturated heterocycles. The summed E-state index contributed by atoms with van der Waals surface area (Å²) in [5.74, 6) is -0.267. The van der Waals surface area contributed by atoms with Gasteiger partial charge >= 0.3 is 0 Å². The van der Waals surface area contributed by atoms with Gasteiger partial charge in [0.05, 0.1) is 5.69 Å². The maximum Gasteiger partial charge on any atom is 0.286 e. The molecule has 126 valence electrons. The second kappa shape index (κ2) is 6.76. The van der Waals surface area contributed by atoms with Gasteiger partial charge in [0.25, 0.3) is 5.56 Å². The normalized spacial score (nSPS) is 11.1. The molecule has 0 bridgehead atoms. The first kappa shape index (κ1) is 17.6. The van der Waals surface area contributed by atoms with E-state index in [4.69, 9.17) is 12.2 Å². The fourth-order valence-electron chi connectivity index (χ4n) is 2.21. The fourth-order valence-corrected chi connectivity index (χ4v) is 2.64. The predicted octanol–water partition coefficient (Wildman–Crippen LogP) is 2.45. The van der Waals surface area contributed by atoms with E-state index in [2.05, 4.69) is 15.3 Å². The molecule has 0 fully saturated rings. The Bertz CT molecular complexity index is 975. The summed E-state index contributed by atoms with van der Waals surface area (Å²) in [7, 11) is 1.67. The molecule has 0 amide bonds. The number of hydrogen-bond acceptors (Lipinski definition) is 7. The molecule has 0 saturated carbocycles. The van der Waals surface area contributed by atoms with E-state index in [0.29, 0.717) is 18.8 Å². The van der Waals surface area contributed by atoms with E-state index in [1.807, 2.05) is 6.07 Å². The summed E-state index contributed by atoms with van der Waals surface area (Å²) >= 11 is 5.20. The number of hydrogen-bond donors (Lipinski definition) is 1. The molecule has 0 unspecified atom stereocenters. The van der Waals surface area contributed by atoms with Gasteiger partial charge in [0.15, 0.2) is 4.77 Å². The van der Waals surface area contributed by atoms with Crippen LogP contribution >= 0.6 is 12.2 Å². The number of nitrogens with zero attached hydrogens (tertiary/aromatic N) is 7. The molecule has 24 heavy (non-hydrogen) atoms. The van der Waals surface area contributed by atoms with E-state index in [-0.39, 0.29) is 27.7 Å². The highest BCUT2D eigenvalue weighted by Crippen LogP contribution is 2.26. The van der Waals surface area contributed by atoms with Gasteiger partial charge < -0.3 is 5.11 Å². The Kier molecular flexibility index (Phi) is 4.94. The zero-order valence-corrected chi connectivity index (χ0v) is 14.6. The molecule has 2 aromatic rings. The van der Waals surface area contributed by atoms with Crippen molar-refractivity contribution in [1.29, 1.82) is 5.26 Å². The monoisotopic (exact) mass is 347 g/mol. The van der Waals surface area contributed by atoms with Gasteiger partial charge in [-0.2, -0.15) is 5.26 Å². The van der Waals surface area contributed by atoms with Crippen molar-refractivity contribution < 1.29 is 5.11 Å². The minimum atomic E-state index is -0.542. The van der Waals surface area contributed by atoms with Gasteiger partial charge in [0.2, 0.25) is 17.4 Å². The van der Waals surface area contributed by atoms with Crippen molar-refractivity contribution in [3.63, 3.8) is 0 Å². The Morgan fingerprint density at radius 1 is 1.29 bits per heavy atom. The zero-order valence-electron chi connectivity index (χ0n) is 13.8. The molecule has 2 aromatic heterocycles. The molecule has 2 heterocycles. The first-order chi connectivity index (χ1) is 11.4. The Morgan fingerprint density at radius 3 is 2.46 bits per heavy atom. The Balaban J connectivity index is 2.67. The second-order valence-corrected chi connectivity index (χ2v) is 5.33. The molecule has 0 atom stereocenters. The Labute approximate surface area is 143 Å². The number of rotatable bonds is 4. The third-order valence-electron chi connectivity index (χ3n) is 3.68. The first-order valence-electron chi connectivity index (χ1n) is 7.29. The van der Waals surface area contributed by atoms with Crippen molar-refractivity contribution in [1.82, 2.24) is 18.9 Å². The molecule has 0 spiro atoms. The van der Waals surface area contributed by atoms with E-state index in [0.717, 1.165) is 0 Å². The molecule has 0 aromatic carbocycles. The van der Waals surface area contributed by atoms with Crippen molar-refractivity contribution >= 4 is 23.7 Å². The summed E-state index contributed by atoms with van der Waals surface area (Å²) in [6, 6.07) is 2.00. The molecule has 1 N–H and O–H groups in total. The van der Waals surface area contributed by atoms with Gasteiger partial charge in [0, 0.05) is 20.1 Å².